The van der Waals surface area contributed by atoms with E-state index in [2.05, 4.69) is 11.6 Å². The van der Waals surface area contributed by atoms with Gasteiger partial charge in [-0.15, -0.1) is 17.9 Å². The molecule has 1 N–H and O–H groups in total. The van der Waals surface area contributed by atoms with Gasteiger partial charge in [0.25, 0.3) is 0 Å². The van der Waals surface area contributed by atoms with Crippen molar-refractivity contribution in [2.75, 3.05) is 0 Å². The predicted molar refractivity (Wildman–Crippen MR) is 42.0 cm³/mol. The quantitative estimate of drug-likeness (QED) is 0.659. The molecule has 3 heteroatoms. The van der Waals surface area contributed by atoms with Crippen LogP contribution in [-0.2, 0) is 0 Å². The number of aryl methyl sites for hydroxylation is 1. The van der Waals surface area contributed by atoms with Gasteiger partial charge < -0.3 is 5.11 Å². The predicted octanol–water partition coefficient (Wildman–Crippen LogP) is 1.67. The maximum atomic E-state index is 9.19. The molecule has 1 heterocycles. The van der Waals surface area contributed by atoms with Crippen LogP contribution >= 0.6 is 11.3 Å². The van der Waals surface area contributed by atoms with Gasteiger partial charge in [-0.1, -0.05) is 6.08 Å². The Morgan fingerprint density at radius 2 is 2.60 bits per heavy atom. The third-order valence-corrected chi connectivity index (χ3v) is 2.14. The van der Waals surface area contributed by atoms with Gasteiger partial charge >= 0.3 is 0 Å². The zero-order valence-electron chi connectivity index (χ0n) is 5.74. The highest BCUT2D eigenvalue weighted by atomic mass is 32.1. The Morgan fingerprint density at radius 3 is 3.00 bits per heavy atom. The van der Waals surface area contributed by atoms with Crippen LogP contribution in [0.15, 0.2) is 18.9 Å². The maximum Gasteiger partial charge on any atom is 0.108 e. The van der Waals surface area contributed by atoms with Gasteiger partial charge in [0.1, 0.15) is 6.10 Å². The van der Waals surface area contributed by atoms with E-state index >= 15 is 0 Å². The summed E-state index contributed by atoms with van der Waals surface area (Å²) in [5.41, 5.74) is 0. The van der Waals surface area contributed by atoms with Crippen LogP contribution in [0.5, 0.6) is 0 Å². The molecule has 0 aliphatic carbocycles. The van der Waals surface area contributed by atoms with Crippen LogP contribution in [0.1, 0.15) is 16.0 Å². The minimum Gasteiger partial charge on any atom is -0.383 e. The van der Waals surface area contributed by atoms with Crippen molar-refractivity contribution in [1.29, 1.82) is 0 Å². The fraction of sp³-hybridized carbons (Fsp3) is 0.286. The lowest BCUT2D eigenvalue weighted by molar-refractivity contribution is 0.232. The summed E-state index contributed by atoms with van der Waals surface area (Å²) in [6.45, 7) is 5.38. The molecule has 10 heavy (non-hydrogen) atoms. The Morgan fingerprint density at radius 1 is 1.90 bits per heavy atom. The van der Waals surface area contributed by atoms with Crippen molar-refractivity contribution in [1.82, 2.24) is 4.98 Å². The zero-order valence-corrected chi connectivity index (χ0v) is 6.56. The van der Waals surface area contributed by atoms with Gasteiger partial charge in [-0.05, 0) is 6.92 Å². The molecule has 0 aromatic carbocycles. The van der Waals surface area contributed by atoms with Gasteiger partial charge in [-0.25, -0.2) is 4.98 Å². The van der Waals surface area contributed by atoms with Crippen LogP contribution in [0.4, 0.5) is 0 Å². The van der Waals surface area contributed by atoms with Gasteiger partial charge in [-0.3, -0.25) is 0 Å². The molecule has 1 aromatic heterocycles. The van der Waals surface area contributed by atoms with Crippen molar-refractivity contribution in [3.05, 3.63) is 28.7 Å². The van der Waals surface area contributed by atoms with E-state index in [0.717, 1.165) is 9.88 Å². The summed E-state index contributed by atoms with van der Waals surface area (Å²) >= 11 is 1.49. The normalized spacial score (nSPS) is 13.0. The van der Waals surface area contributed by atoms with Gasteiger partial charge in [0, 0.05) is 6.20 Å². The largest absolute Gasteiger partial charge is 0.383 e. The van der Waals surface area contributed by atoms with Crippen LogP contribution in [-0.4, -0.2) is 10.1 Å². The SMILES string of the molecule is C=CC(O)c1cnc(C)s1. The van der Waals surface area contributed by atoms with Gasteiger partial charge in [-0.2, -0.15) is 0 Å². The first-order chi connectivity index (χ1) is 4.74. The first-order valence-corrected chi connectivity index (χ1v) is 3.78. The lowest BCUT2D eigenvalue weighted by atomic mass is 10.3. The van der Waals surface area contributed by atoms with Crippen molar-refractivity contribution in [2.45, 2.75) is 13.0 Å². The second kappa shape index (κ2) is 2.94. The van der Waals surface area contributed by atoms with E-state index in [4.69, 9.17) is 0 Å². The van der Waals surface area contributed by atoms with E-state index in [-0.39, 0.29) is 0 Å². The second-order valence-corrected chi connectivity index (χ2v) is 3.23. The second-order valence-electron chi connectivity index (χ2n) is 1.96. The lowest BCUT2D eigenvalue weighted by Gasteiger charge is -1.96. The summed E-state index contributed by atoms with van der Waals surface area (Å²) in [5.74, 6) is 0. The number of aliphatic hydroxyl groups excluding tert-OH is 1. The monoisotopic (exact) mass is 155 g/mol. The van der Waals surface area contributed by atoms with Crippen LogP contribution in [0, 0.1) is 6.92 Å². The topological polar surface area (TPSA) is 33.1 Å². The smallest absolute Gasteiger partial charge is 0.108 e. The number of aromatic nitrogens is 1. The van der Waals surface area contributed by atoms with E-state index in [9.17, 15) is 5.11 Å². The van der Waals surface area contributed by atoms with E-state index in [1.54, 1.807) is 6.20 Å². The van der Waals surface area contributed by atoms with E-state index < -0.39 is 6.10 Å². The molecule has 1 aromatic rings. The third-order valence-electron chi connectivity index (χ3n) is 1.15. The zero-order chi connectivity index (χ0) is 7.56. The number of hydrogen-bond donors (Lipinski definition) is 1. The van der Waals surface area contributed by atoms with Crippen molar-refractivity contribution < 1.29 is 5.11 Å². The van der Waals surface area contributed by atoms with Gasteiger partial charge in [0.15, 0.2) is 0 Å². The highest BCUT2D eigenvalue weighted by Gasteiger charge is 2.04. The Bertz CT molecular complexity index is 231. The Hall–Kier alpha value is -0.670. The molecule has 0 spiro atoms. The van der Waals surface area contributed by atoms with Crippen LogP contribution in [0.3, 0.4) is 0 Å². The molecule has 0 radical (unpaired) electrons. The van der Waals surface area contributed by atoms with Crippen molar-refractivity contribution in [2.24, 2.45) is 0 Å². The molecule has 2 nitrogen and oxygen atoms in total. The lowest BCUT2D eigenvalue weighted by Crippen LogP contribution is -1.86. The molecule has 1 unspecified atom stereocenters. The molecule has 0 aliphatic rings. The van der Waals surface area contributed by atoms with Gasteiger partial charge in [0.2, 0.25) is 0 Å². The number of nitrogens with zero attached hydrogens (tertiary/aromatic N) is 1. The summed E-state index contributed by atoms with van der Waals surface area (Å²) in [4.78, 5) is 4.85. The number of aliphatic hydroxyl groups is 1. The molecular formula is C7H9NOS. The average molecular weight is 155 g/mol. The molecule has 0 fully saturated rings. The number of rotatable bonds is 2. The fourth-order valence-electron chi connectivity index (χ4n) is 0.631. The summed E-state index contributed by atoms with van der Waals surface area (Å²) in [5, 5.41) is 10.2. The first-order valence-electron chi connectivity index (χ1n) is 2.97. The molecule has 0 aliphatic heterocycles. The Balaban J connectivity index is 2.84. The van der Waals surface area contributed by atoms with Crippen molar-refractivity contribution in [3.8, 4) is 0 Å². The minimum absolute atomic E-state index is 0.550. The van der Waals surface area contributed by atoms with Crippen LogP contribution < -0.4 is 0 Å². The first kappa shape index (κ1) is 7.44. The van der Waals surface area contributed by atoms with E-state index in [1.165, 1.54) is 17.4 Å². The highest BCUT2D eigenvalue weighted by Crippen LogP contribution is 2.20. The maximum absolute atomic E-state index is 9.19. The summed E-state index contributed by atoms with van der Waals surface area (Å²) in [6, 6.07) is 0. The summed E-state index contributed by atoms with van der Waals surface area (Å²) in [6.07, 6.45) is 2.62. The minimum atomic E-state index is -0.550. The van der Waals surface area contributed by atoms with Crippen molar-refractivity contribution >= 4 is 11.3 Å². The molecular weight excluding hydrogens is 146 g/mol. The molecule has 1 atom stereocenters. The number of thiazole rings is 1. The molecule has 54 valence electrons. The highest BCUT2D eigenvalue weighted by molar-refractivity contribution is 7.11. The molecule has 0 bridgehead atoms. The molecule has 0 saturated heterocycles. The third kappa shape index (κ3) is 1.43. The summed E-state index contributed by atoms with van der Waals surface area (Å²) in [7, 11) is 0. The number of hydrogen-bond acceptors (Lipinski definition) is 3. The average Bonchev–Trinajstić information content (AvgIpc) is 2.34. The van der Waals surface area contributed by atoms with E-state index in [1.807, 2.05) is 6.92 Å². The Labute approximate surface area is 63.9 Å². The standard InChI is InChI=1S/C7H9NOS/c1-3-6(9)7-4-8-5(2)10-7/h3-4,6,9H,1H2,2H3. The molecule has 0 amide bonds. The fourth-order valence-corrected chi connectivity index (χ4v) is 1.40. The van der Waals surface area contributed by atoms with Gasteiger partial charge in [0.05, 0.1) is 9.88 Å². The molecule has 0 saturated carbocycles. The summed E-state index contributed by atoms with van der Waals surface area (Å²) < 4.78 is 0. The van der Waals surface area contributed by atoms with E-state index in [0.29, 0.717) is 0 Å². The van der Waals surface area contributed by atoms with Crippen LogP contribution in [0.25, 0.3) is 0 Å². The molecule has 1 rings (SSSR count). The van der Waals surface area contributed by atoms with Crippen LogP contribution in [0.2, 0.25) is 0 Å². The van der Waals surface area contributed by atoms with Crippen molar-refractivity contribution in [3.63, 3.8) is 0 Å². The Kier molecular flexibility index (Phi) is 2.19.